The van der Waals surface area contributed by atoms with Crippen molar-refractivity contribution in [3.63, 3.8) is 0 Å². The van der Waals surface area contributed by atoms with E-state index in [-0.39, 0.29) is 11.7 Å². The molecule has 1 aromatic carbocycles. The van der Waals surface area contributed by atoms with Crippen LogP contribution in [0.2, 0.25) is 0 Å². The molecule has 4 heteroatoms. The van der Waals surface area contributed by atoms with Gasteiger partial charge in [0, 0.05) is 24.7 Å². The number of carbonyl (C=O) groups is 1. The maximum Gasteiger partial charge on any atom is 0.254 e. The molecule has 1 unspecified atom stereocenters. The number of hydrogen-bond donors (Lipinski definition) is 1. The van der Waals surface area contributed by atoms with Crippen LogP contribution in [0.15, 0.2) is 18.2 Å². The van der Waals surface area contributed by atoms with Crippen LogP contribution < -0.4 is 5.32 Å². The largest absolute Gasteiger partial charge is 0.337 e. The zero-order chi connectivity index (χ0) is 14.8. The van der Waals surface area contributed by atoms with Crippen molar-refractivity contribution in [2.24, 2.45) is 5.92 Å². The highest BCUT2D eigenvalue weighted by molar-refractivity contribution is 5.94. The summed E-state index contributed by atoms with van der Waals surface area (Å²) in [5.41, 5.74) is 1.27. The zero-order valence-electron chi connectivity index (χ0n) is 12.6. The third-order valence-corrected chi connectivity index (χ3v) is 4.35. The molecule has 2 aliphatic rings. The minimum Gasteiger partial charge on any atom is -0.337 e. The number of hydrogen-bond acceptors (Lipinski definition) is 2. The van der Waals surface area contributed by atoms with E-state index >= 15 is 0 Å². The molecule has 0 bridgehead atoms. The van der Waals surface area contributed by atoms with Crippen molar-refractivity contribution in [2.45, 2.75) is 38.6 Å². The molecule has 1 aliphatic carbocycles. The van der Waals surface area contributed by atoms with Crippen LogP contribution in [0.3, 0.4) is 0 Å². The van der Waals surface area contributed by atoms with Gasteiger partial charge in [0.05, 0.1) is 0 Å². The predicted octanol–water partition coefficient (Wildman–Crippen LogP) is 2.74. The van der Waals surface area contributed by atoms with Gasteiger partial charge in [-0.25, -0.2) is 4.39 Å². The summed E-state index contributed by atoms with van der Waals surface area (Å²) in [4.78, 5) is 14.7. The molecule has 2 fully saturated rings. The fourth-order valence-electron chi connectivity index (χ4n) is 3.07. The Morgan fingerprint density at radius 3 is 2.71 bits per heavy atom. The lowest BCUT2D eigenvalue weighted by Gasteiger charge is -2.26. The molecule has 1 atom stereocenters. The van der Waals surface area contributed by atoms with Gasteiger partial charge in [-0.3, -0.25) is 4.79 Å². The highest BCUT2D eigenvalue weighted by Gasteiger charge is 2.29. The van der Waals surface area contributed by atoms with E-state index in [0.29, 0.717) is 17.5 Å². The van der Waals surface area contributed by atoms with Crippen LogP contribution in [-0.2, 0) is 0 Å². The smallest absolute Gasteiger partial charge is 0.254 e. The fourth-order valence-corrected chi connectivity index (χ4v) is 3.07. The molecule has 1 amide bonds. The van der Waals surface area contributed by atoms with Crippen LogP contribution in [0.25, 0.3) is 0 Å². The molecule has 1 N–H and O–H groups in total. The lowest BCUT2D eigenvalue weighted by Crippen LogP contribution is -2.42. The normalized spacial score (nSPS) is 21.5. The summed E-state index contributed by atoms with van der Waals surface area (Å²) in [5, 5.41) is 3.44. The highest BCUT2D eigenvalue weighted by Crippen LogP contribution is 2.30. The van der Waals surface area contributed by atoms with Gasteiger partial charge in [0.15, 0.2) is 0 Å². The second-order valence-electron chi connectivity index (χ2n) is 6.46. The Morgan fingerprint density at radius 1 is 1.29 bits per heavy atom. The van der Waals surface area contributed by atoms with Crippen LogP contribution in [-0.4, -0.2) is 36.5 Å². The van der Waals surface area contributed by atoms with Crippen LogP contribution in [0.5, 0.6) is 0 Å². The van der Waals surface area contributed by atoms with Crippen LogP contribution in [0.1, 0.15) is 41.6 Å². The van der Waals surface area contributed by atoms with Crippen molar-refractivity contribution in [3.8, 4) is 0 Å². The Labute approximate surface area is 125 Å². The Hall–Kier alpha value is -1.42. The van der Waals surface area contributed by atoms with E-state index in [2.05, 4.69) is 5.32 Å². The van der Waals surface area contributed by atoms with E-state index in [1.807, 2.05) is 11.8 Å². The average Bonchev–Trinajstić information content (AvgIpc) is 3.10. The summed E-state index contributed by atoms with van der Waals surface area (Å²) >= 11 is 0. The summed E-state index contributed by atoms with van der Waals surface area (Å²) in [6.45, 7) is 4.41. The second-order valence-corrected chi connectivity index (χ2v) is 6.46. The van der Waals surface area contributed by atoms with Crippen molar-refractivity contribution >= 4 is 5.91 Å². The van der Waals surface area contributed by atoms with Gasteiger partial charge >= 0.3 is 0 Å². The summed E-state index contributed by atoms with van der Waals surface area (Å²) in [6, 6.07) is 4.99. The molecule has 3 nitrogen and oxygen atoms in total. The molecule has 0 aromatic heterocycles. The fraction of sp³-hybridized carbons (Fsp3) is 0.588. The first-order valence-corrected chi connectivity index (χ1v) is 7.91. The molecule has 0 spiro atoms. The van der Waals surface area contributed by atoms with Gasteiger partial charge in [0.25, 0.3) is 5.91 Å². The maximum absolute atomic E-state index is 13.5. The van der Waals surface area contributed by atoms with E-state index in [1.165, 1.54) is 31.4 Å². The van der Waals surface area contributed by atoms with Crippen molar-refractivity contribution < 1.29 is 9.18 Å². The van der Waals surface area contributed by atoms with E-state index in [1.54, 1.807) is 6.07 Å². The first kappa shape index (κ1) is 14.5. The van der Waals surface area contributed by atoms with Gasteiger partial charge in [0.2, 0.25) is 0 Å². The molecule has 1 aliphatic heterocycles. The second kappa shape index (κ2) is 6.14. The number of benzene rings is 1. The molecule has 1 aromatic rings. The van der Waals surface area contributed by atoms with Gasteiger partial charge in [-0.2, -0.15) is 0 Å². The molecule has 1 saturated carbocycles. The lowest BCUT2D eigenvalue weighted by atomic mass is 10.1. The minimum absolute atomic E-state index is 0.0294. The summed E-state index contributed by atoms with van der Waals surface area (Å²) in [7, 11) is 0. The van der Waals surface area contributed by atoms with E-state index in [9.17, 15) is 9.18 Å². The minimum atomic E-state index is -0.330. The third kappa shape index (κ3) is 3.82. The molecular formula is C17H23FN2O. The number of rotatable bonds is 5. The predicted molar refractivity (Wildman–Crippen MR) is 80.8 cm³/mol. The van der Waals surface area contributed by atoms with Crippen molar-refractivity contribution in [1.82, 2.24) is 10.2 Å². The van der Waals surface area contributed by atoms with Crippen LogP contribution >= 0.6 is 0 Å². The average molecular weight is 290 g/mol. The maximum atomic E-state index is 13.5. The van der Waals surface area contributed by atoms with Gasteiger partial charge in [-0.1, -0.05) is 0 Å². The SMILES string of the molecule is Cc1cc(F)cc(C(=O)N(CC2CC2)CC2CCCN2)c1. The molecule has 1 heterocycles. The van der Waals surface area contributed by atoms with Crippen molar-refractivity contribution in [2.75, 3.05) is 19.6 Å². The Morgan fingerprint density at radius 2 is 2.10 bits per heavy atom. The lowest BCUT2D eigenvalue weighted by molar-refractivity contribution is 0.0733. The first-order valence-electron chi connectivity index (χ1n) is 7.91. The zero-order valence-corrected chi connectivity index (χ0v) is 12.6. The molecular weight excluding hydrogens is 267 g/mol. The van der Waals surface area contributed by atoms with E-state index in [4.69, 9.17) is 0 Å². The number of aryl methyl sites for hydroxylation is 1. The van der Waals surface area contributed by atoms with Crippen molar-refractivity contribution in [1.29, 1.82) is 0 Å². The number of nitrogens with one attached hydrogen (secondary N) is 1. The quantitative estimate of drug-likeness (QED) is 0.904. The number of halogens is 1. The Balaban J connectivity index is 1.74. The molecule has 114 valence electrons. The number of carbonyl (C=O) groups excluding carboxylic acids is 1. The molecule has 3 rings (SSSR count). The van der Waals surface area contributed by atoms with Crippen LogP contribution in [0.4, 0.5) is 4.39 Å². The van der Waals surface area contributed by atoms with E-state index < -0.39 is 0 Å². The van der Waals surface area contributed by atoms with Gasteiger partial charge in [-0.05, 0) is 68.8 Å². The van der Waals surface area contributed by atoms with Crippen molar-refractivity contribution in [3.05, 3.63) is 35.1 Å². The molecule has 1 saturated heterocycles. The summed E-state index contributed by atoms with van der Waals surface area (Å²) < 4.78 is 13.5. The summed E-state index contributed by atoms with van der Waals surface area (Å²) in [6.07, 6.45) is 4.72. The number of amides is 1. The third-order valence-electron chi connectivity index (χ3n) is 4.35. The van der Waals surface area contributed by atoms with Crippen LogP contribution in [0, 0.1) is 18.7 Å². The molecule has 0 radical (unpaired) electrons. The Kier molecular flexibility index (Phi) is 4.24. The Bertz CT molecular complexity index is 501. The number of nitrogens with zero attached hydrogens (tertiary/aromatic N) is 1. The van der Waals surface area contributed by atoms with Gasteiger partial charge in [-0.15, -0.1) is 0 Å². The first-order chi connectivity index (χ1) is 10.1. The van der Waals surface area contributed by atoms with Gasteiger partial charge in [0.1, 0.15) is 5.82 Å². The topological polar surface area (TPSA) is 32.3 Å². The standard InChI is InChI=1S/C17H23FN2O/c1-12-7-14(9-15(18)8-12)17(21)20(10-13-4-5-13)11-16-3-2-6-19-16/h7-9,13,16,19H,2-6,10-11H2,1H3. The molecule has 21 heavy (non-hydrogen) atoms. The van der Waals surface area contributed by atoms with Gasteiger partial charge < -0.3 is 10.2 Å². The van der Waals surface area contributed by atoms with E-state index in [0.717, 1.165) is 31.6 Å². The summed E-state index contributed by atoms with van der Waals surface area (Å²) in [5.74, 6) is 0.284. The highest BCUT2D eigenvalue weighted by atomic mass is 19.1. The monoisotopic (exact) mass is 290 g/mol.